The van der Waals surface area contributed by atoms with Gasteiger partial charge in [-0.05, 0) is 30.0 Å². The average molecular weight is 259 g/mol. The van der Waals surface area contributed by atoms with Gasteiger partial charge in [-0.2, -0.15) is 0 Å². The summed E-state index contributed by atoms with van der Waals surface area (Å²) in [6.07, 6.45) is 3.51. The van der Waals surface area contributed by atoms with Gasteiger partial charge in [0, 0.05) is 24.8 Å². The number of aromatic nitrogens is 2. The fourth-order valence-corrected chi connectivity index (χ4v) is 2.59. The highest BCUT2D eigenvalue weighted by atomic mass is 32.1. The van der Waals surface area contributed by atoms with Gasteiger partial charge in [-0.25, -0.2) is 0 Å². The molecule has 0 saturated carbocycles. The number of hydrogen-bond acceptors (Lipinski definition) is 5. The lowest BCUT2D eigenvalue weighted by Crippen LogP contribution is -2.18. The predicted molar refractivity (Wildman–Crippen MR) is 71.4 cm³/mol. The fraction of sp³-hybridized carbons (Fsp3) is 0.231. The zero-order valence-corrected chi connectivity index (χ0v) is 10.8. The van der Waals surface area contributed by atoms with Crippen molar-refractivity contribution in [3.63, 3.8) is 0 Å². The summed E-state index contributed by atoms with van der Waals surface area (Å²) in [6, 6.07) is 6.33. The topological polar surface area (TPSA) is 51.0 Å². The average Bonchev–Trinajstić information content (AvgIpc) is 3.05. The third kappa shape index (κ3) is 2.27. The first-order valence-electron chi connectivity index (χ1n) is 5.79. The number of pyridine rings is 1. The van der Waals surface area contributed by atoms with Crippen molar-refractivity contribution in [2.45, 2.75) is 19.5 Å². The molecule has 92 valence electrons. The summed E-state index contributed by atoms with van der Waals surface area (Å²) < 4.78 is 6.02. The van der Waals surface area contributed by atoms with Crippen molar-refractivity contribution in [1.29, 1.82) is 0 Å². The zero-order valence-electron chi connectivity index (χ0n) is 9.96. The fourth-order valence-electron chi connectivity index (χ4n) is 1.80. The molecule has 1 unspecified atom stereocenters. The Balaban J connectivity index is 1.72. The second-order valence-electron chi connectivity index (χ2n) is 4.17. The van der Waals surface area contributed by atoms with E-state index in [0.717, 1.165) is 11.2 Å². The zero-order chi connectivity index (χ0) is 12.4. The molecule has 0 aromatic carbocycles. The number of fused-ring (bicyclic) bond motifs is 1. The minimum absolute atomic E-state index is 0.237. The predicted octanol–water partition coefficient (Wildman–Crippen LogP) is 3.14. The van der Waals surface area contributed by atoms with E-state index in [1.54, 1.807) is 17.6 Å². The molecular formula is C13H13N3OS. The molecular weight excluding hydrogens is 246 g/mol. The van der Waals surface area contributed by atoms with Crippen LogP contribution in [-0.2, 0) is 6.54 Å². The van der Waals surface area contributed by atoms with Crippen LogP contribution in [0.4, 0.5) is 0 Å². The highest BCUT2D eigenvalue weighted by Gasteiger charge is 2.08. The molecule has 4 nitrogen and oxygen atoms in total. The van der Waals surface area contributed by atoms with Crippen LogP contribution >= 0.6 is 11.3 Å². The summed E-state index contributed by atoms with van der Waals surface area (Å²) in [6.45, 7) is 2.82. The van der Waals surface area contributed by atoms with E-state index >= 15 is 0 Å². The minimum atomic E-state index is 0.237. The van der Waals surface area contributed by atoms with Crippen molar-refractivity contribution >= 4 is 21.6 Å². The van der Waals surface area contributed by atoms with Crippen molar-refractivity contribution < 1.29 is 4.52 Å². The van der Waals surface area contributed by atoms with Gasteiger partial charge in [0.25, 0.3) is 0 Å². The molecule has 0 aliphatic rings. The third-order valence-electron chi connectivity index (χ3n) is 2.90. The van der Waals surface area contributed by atoms with Crippen LogP contribution in [0.2, 0.25) is 0 Å². The molecule has 0 saturated heterocycles. The summed E-state index contributed by atoms with van der Waals surface area (Å²) in [4.78, 5) is 4.44. The molecule has 3 heterocycles. The van der Waals surface area contributed by atoms with Crippen LogP contribution in [0.5, 0.6) is 0 Å². The van der Waals surface area contributed by atoms with Crippen LogP contribution < -0.4 is 5.32 Å². The number of nitrogens with one attached hydrogen (secondary N) is 1. The second-order valence-corrected chi connectivity index (χ2v) is 5.11. The highest BCUT2D eigenvalue weighted by molar-refractivity contribution is 7.17. The molecule has 0 bridgehead atoms. The molecule has 5 heteroatoms. The first-order valence-corrected chi connectivity index (χ1v) is 6.67. The molecule has 0 radical (unpaired) electrons. The molecule has 0 fully saturated rings. The molecule has 18 heavy (non-hydrogen) atoms. The quantitative estimate of drug-likeness (QED) is 0.782. The molecule has 1 N–H and O–H groups in total. The Morgan fingerprint density at radius 1 is 1.44 bits per heavy atom. The lowest BCUT2D eigenvalue weighted by molar-refractivity contribution is 0.406. The molecule has 0 amide bonds. The molecule has 0 aliphatic carbocycles. The Hall–Kier alpha value is -1.72. The monoisotopic (exact) mass is 259 g/mol. The van der Waals surface area contributed by atoms with E-state index in [1.807, 2.05) is 18.3 Å². The smallest absolute Gasteiger partial charge is 0.124 e. The highest BCUT2D eigenvalue weighted by Crippen LogP contribution is 2.22. The maximum Gasteiger partial charge on any atom is 0.124 e. The van der Waals surface area contributed by atoms with Gasteiger partial charge in [0.2, 0.25) is 0 Å². The summed E-state index contributed by atoms with van der Waals surface area (Å²) in [7, 11) is 0. The maximum absolute atomic E-state index is 4.80. The SMILES string of the molecule is CC(NCc1ccon1)c1cnc2ccsc2c1. The lowest BCUT2D eigenvalue weighted by Gasteiger charge is -2.12. The second kappa shape index (κ2) is 4.88. The van der Waals surface area contributed by atoms with Crippen molar-refractivity contribution in [1.82, 2.24) is 15.5 Å². The van der Waals surface area contributed by atoms with Crippen molar-refractivity contribution in [3.05, 3.63) is 47.3 Å². The van der Waals surface area contributed by atoms with Crippen LogP contribution in [0.3, 0.4) is 0 Å². The number of rotatable bonds is 4. The van der Waals surface area contributed by atoms with Crippen LogP contribution in [0.1, 0.15) is 24.2 Å². The number of nitrogens with zero attached hydrogens (tertiary/aromatic N) is 2. The van der Waals surface area contributed by atoms with E-state index in [4.69, 9.17) is 4.52 Å². The van der Waals surface area contributed by atoms with Gasteiger partial charge in [-0.15, -0.1) is 11.3 Å². The summed E-state index contributed by atoms with van der Waals surface area (Å²) in [5.74, 6) is 0. The van der Waals surface area contributed by atoms with Crippen molar-refractivity contribution in [3.8, 4) is 0 Å². The minimum Gasteiger partial charge on any atom is -0.364 e. The van der Waals surface area contributed by atoms with Gasteiger partial charge in [-0.1, -0.05) is 5.16 Å². The van der Waals surface area contributed by atoms with Crippen LogP contribution in [0.15, 0.2) is 40.6 Å². The van der Waals surface area contributed by atoms with Gasteiger partial charge in [0.15, 0.2) is 0 Å². The summed E-state index contributed by atoms with van der Waals surface area (Å²) in [5, 5.41) is 9.34. The Bertz CT molecular complexity index is 633. The Morgan fingerprint density at radius 3 is 3.22 bits per heavy atom. The van der Waals surface area contributed by atoms with E-state index in [1.165, 1.54) is 10.3 Å². The van der Waals surface area contributed by atoms with E-state index in [9.17, 15) is 0 Å². The maximum atomic E-state index is 4.80. The van der Waals surface area contributed by atoms with E-state index in [2.05, 4.69) is 33.8 Å². The number of thiophene rings is 1. The Kier molecular flexibility index (Phi) is 3.08. The Morgan fingerprint density at radius 2 is 2.39 bits per heavy atom. The van der Waals surface area contributed by atoms with E-state index in [0.29, 0.717) is 6.54 Å². The summed E-state index contributed by atoms with van der Waals surface area (Å²) in [5.41, 5.74) is 3.16. The first kappa shape index (κ1) is 11.4. The normalized spacial score (nSPS) is 12.9. The van der Waals surface area contributed by atoms with Crippen LogP contribution in [0.25, 0.3) is 10.2 Å². The first-order chi connectivity index (χ1) is 8.83. The third-order valence-corrected chi connectivity index (χ3v) is 3.76. The van der Waals surface area contributed by atoms with Crippen LogP contribution in [0, 0.1) is 0 Å². The van der Waals surface area contributed by atoms with Gasteiger partial charge in [-0.3, -0.25) is 4.98 Å². The largest absolute Gasteiger partial charge is 0.364 e. The van der Waals surface area contributed by atoms with E-state index < -0.39 is 0 Å². The van der Waals surface area contributed by atoms with E-state index in [-0.39, 0.29) is 6.04 Å². The molecule has 0 spiro atoms. The summed E-state index contributed by atoms with van der Waals surface area (Å²) >= 11 is 1.72. The molecule has 3 aromatic heterocycles. The molecule has 3 aromatic rings. The Labute approximate surface area is 109 Å². The lowest BCUT2D eigenvalue weighted by atomic mass is 10.1. The van der Waals surface area contributed by atoms with Gasteiger partial charge >= 0.3 is 0 Å². The van der Waals surface area contributed by atoms with Gasteiger partial charge < -0.3 is 9.84 Å². The number of hydrogen-bond donors (Lipinski definition) is 1. The van der Waals surface area contributed by atoms with Crippen molar-refractivity contribution in [2.24, 2.45) is 0 Å². The molecule has 1 atom stereocenters. The van der Waals surface area contributed by atoms with Gasteiger partial charge in [0.05, 0.1) is 15.9 Å². The van der Waals surface area contributed by atoms with Crippen molar-refractivity contribution in [2.75, 3.05) is 0 Å². The molecule has 3 rings (SSSR count). The van der Waals surface area contributed by atoms with Crippen LogP contribution in [-0.4, -0.2) is 10.1 Å². The van der Waals surface area contributed by atoms with Gasteiger partial charge in [0.1, 0.15) is 6.26 Å². The molecule has 0 aliphatic heterocycles. The standard InChI is InChI=1S/C13H13N3OS/c1-9(14-8-11-2-4-17-16-11)10-6-13-12(15-7-10)3-5-18-13/h2-7,9,14H,8H2,1H3.